The summed E-state index contributed by atoms with van der Waals surface area (Å²) < 4.78 is 5.86. The molecule has 1 saturated heterocycles. The summed E-state index contributed by atoms with van der Waals surface area (Å²) in [6.45, 7) is 2.24. The minimum atomic E-state index is -1.80. The lowest BCUT2D eigenvalue weighted by molar-refractivity contribution is -0.162. The number of piperidine rings is 1. The van der Waals surface area contributed by atoms with Gasteiger partial charge >= 0.3 is 5.97 Å². The third-order valence-corrected chi connectivity index (χ3v) is 6.82. The number of fused-ring (bicyclic) bond motifs is 3. The maximum atomic E-state index is 13.4. The minimum Gasteiger partial charge on any atom is -0.462 e. The molecule has 5 heteroatoms. The van der Waals surface area contributed by atoms with Gasteiger partial charge in [-0.3, -0.25) is 4.98 Å². The van der Waals surface area contributed by atoms with Crippen LogP contribution in [0, 0.1) is 5.92 Å². The first-order chi connectivity index (χ1) is 15.7. The number of ether oxygens (including phenoxy) is 1. The van der Waals surface area contributed by atoms with E-state index in [0.29, 0.717) is 17.0 Å². The van der Waals surface area contributed by atoms with Crippen molar-refractivity contribution in [2.45, 2.75) is 30.8 Å². The molecule has 0 saturated carbocycles. The summed E-state index contributed by atoms with van der Waals surface area (Å²) >= 11 is 0. The molecule has 2 heterocycles. The highest BCUT2D eigenvalue weighted by atomic mass is 16.5. The predicted molar refractivity (Wildman–Crippen MR) is 123 cm³/mol. The molecule has 1 aliphatic heterocycles. The Morgan fingerprint density at radius 2 is 1.62 bits per heavy atom. The number of carbonyl (C=O) groups is 1. The SMILES string of the molecule is O=C(OCC(CC1CCNCC1)c1ccccn1)C1(O)c2ccccc2-c2ccccc21. The Labute approximate surface area is 188 Å². The van der Waals surface area contributed by atoms with Crippen molar-refractivity contribution in [1.82, 2.24) is 10.3 Å². The first-order valence-electron chi connectivity index (χ1n) is 11.4. The van der Waals surface area contributed by atoms with Gasteiger partial charge in [0.2, 0.25) is 5.60 Å². The maximum absolute atomic E-state index is 13.4. The van der Waals surface area contributed by atoms with Crippen LogP contribution in [-0.4, -0.2) is 35.8 Å². The van der Waals surface area contributed by atoms with Crippen molar-refractivity contribution in [3.63, 3.8) is 0 Å². The van der Waals surface area contributed by atoms with Crippen LogP contribution in [0.1, 0.15) is 42.0 Å². The van der Waals surface area contributed by atoms with Gasteiger partial charge in [-0.05, 0) is 61.5 Å². The number of carbonyl (C=O) groups excluding carboxylic acids is 1. The minimum absolute atomic E-state index is 0.00117. The zero-order chi connectivity index (χ0) is 22.0. The number of hydrogen-bond donors (Lipinski definition) is 2. The van der Waals surface area contributed by atoms with E-state index >= 15 is 0 Å². The van der Waals surface area contributed by atoms with Crippen LogP contribution in [0.2, 0.25) is 0 Å². The summed E-state index contributed by atoms with van der Waals surface area (Å²) in [5.74, 6) is -0.0575. The van der Waals surface area contributed by atoms with Gasteiger partial charge in [0.25, 0.3) is 0 Å². The molecule has 32 heavy (non-hydrogen) atoms. The van der Waals surface area contributed by atoms with E-state index < -0.39 is 11.6 Å². The van der Waals surface area contributed by atoms with E-state index in [0.717, 1.165) is 49.2 Å². The van der Waals surface area contributed by atoms with Gasteiger partial charge in [-0.25, -0.2) is 4.79 Å². The molecule has 5 rings (SSSR count). The highest BCUT2D eigenvalue weighted by Gasteiger charge is 2.49. The van der Waals surface area contributed by atoms with Gasteiger partial charge in [0.05, 0.1) is 6.61 Å². The van der Waals surface area contributed by atoms with Crippen molar-refractivity contribution in [3.8, 4) is 11.1 Å². The lowest BCUT2D eigenvalue weighted by Gasteiger charge is -2.28. The molecule has 1 atom stereocenters. The zero-order valence-electron chi connectivity index (χ0n) is 18.0. The van der Waals surface area contributed by atoms with Gasteiger partial charge in [-0.1, -0.05) is 54.6 Å². The fraction of sp³-hybridized carbons (Fsp3) is 0.333. The standard InChI is InChI=1S/C27H28N2O3/c30-26(27(31)23-9-3-1-7-21(23)22-8-2-4-10-24(22)27)32-18-20(25-11-5-6-14-29-25)17-19-12-15-28-16-13-19/h1-11,14,19-20,28,31H,12-13,15-18H2. The van der Waals surface area contributed by atoms with Gasteiger partial charge < -0.3 is 15.2 Å². The summed E-state index contributed by atoms with van der Waals surface area (Å²) in [6.07, 6.45) is 4.92. The largest absolute Gasteiger partial charge is 0.462 e. The normalized spacial score (nSPS) is 17.9. The van der Waals surface area contributed by atoms with E-state index in [1.54, 1.807) is 6.20 Å². The third-order valence-electron chi connectivity index (χ3n) is 6.82. The Morgan fingerprint density at radius 1 is 1.00 bits per heavy atom. The summed E-state index contributed by atoms with van der Waals surface area (Å²) in [5.41, 5.74) is 2.05. The van der Waals surface area contributed by atoms with E-state index in [4.69, 9.17) is 4.74 Å². The zero-order valence-corrected chi connectivity index (χ0v) is 18.0. The van der Waals surface area contributed by atoms with Gasteiger partial charge in [-0.15, -0.1) is 0 Å². The number of aliphatic hydroxyl groups is 1. The fourth-order valence-electron chi connectivity index (χ4n) is 5.12. The average molecular weight is 429 g/mol. The van der Waals surface area contributed by atoms with Crippen LogP contribution in [0.15, 0.2) is 72.9 Å². The lowest BCUT2D eigenvalue weighted by Crippen LogP contribution is -2.37. The number of nitrogens with zero attached hydrogens (tertiary/aromatic N) is 1. The van der Waals surface area contributed by atoms with Crippen LogP contribution in [-0.2, 0) is 15.1 Å². The molecule has 0 spiro atoms. The number of nitrogens with one attached hydrogen (secondary N) is 1. The summed E-state index contributed by atoms with van der Waals surface area (Å²) in [4.78, 5) is 18.0. The van der Waals surface area contributed by atoms with Crippen LogP contribution in [0.3, 0.4) is 0 Å². The Bertz CT molecular complexity index is 1050. The molecule has 1 aliphatic carbocycles. The number of hydrogen-bond acceptors (Lipinski definition) is 5. The molecule has 0 bridgehead atoms. The van der Waals surface area contributed by atoms with Crippen LogP contribution >= 0.6 is 0 Å². The number of pyridine rings is 1. The molecule has 1 aromatic heterocycles. The molecule has 5 nitrogen and oxygen atoms in total. The van der Waals surface area contributed by atoms with Crippen molar-refractivity contribution < 1.29 is 14.6 Å². The molecule has 1 fully saturated rings. The van der Waals surface area contributed by atoms with Crippen LogP contribution in [0.25, 0.3) is 11.1 Å². The molecule has 0 amide bonds. The second-order valence-electron chi connectivity index (χ2n) is 8.78. The molecule has 1 unspecified atom stereocenters. The Morgan fingerprint density at radius 3 is 2.25 bits per heavy atom. The van der Waals surface area contributed by atoms with Crippen LogP contribution < -0.4 is 5.32 Å². The second kappa shape index (κ2) is 8.85. The molecule has 0 radical (unpaired) electrons. The van der Waals surface area contributed by atoms with Gasteiger partial charge in [0, 0.05) is 28.9 Å². The predicted octanol–water partition coefficient (Wildman–Crippen LogP) is 4.01. The van der Waals surface area contributed by atoms with Crippen molar-refractivity contribution in [1.29, 1.82) is 0 Å². The van der Waals surface area contributed by atoms with E-state index in [2.05, 4.69) is 10.3 Å². The maximum Gasteiger partial charge on any atom is 0.347 e. The Balaban J connectivity index is 1.39. The first kappa shape index (κ1) is 20.9. The van der Waals surface area contributed by atoms with Crippen LogP contribution in [0.4, 0.5) is 0 Å². The lowest BCUT2D eigenvalue weighted by atomic mass is 9.86. The van der Waals surface area contributed by atoms with Gasteiger partial charge in [0.15, 0.2) is 0 Å². The average Bonchev–Trinajstić information content (AvgIpc) is 3.13. The fourth-order valence-corrected chi connectivity index (χ4v) is 5.12. The quantitative estimate of drug-likeness (QED) is 0.581. The molecule has 3 aromatic rings. The smallest absolute Gasteiger partial charge is 0.347 e. The van der Waals surface area contributed by atoms with Crippen LogP contribution in [0.5, 0.6) is 0 Å². The molecule has 164 valence electrons. The van der Waals surface area contributed by atoms with Crippen molar-refractivity contribution in [2.24, 2.45) is 5.92 Å². The van der Waals surface area contributed by atoms with E-state index in [-0.39, 0.29) is 12.5 Å². The number of esters is 1. The highest BCUT2D eigenvalue weighted by molar-refractivity contribution is 5.96. The summed E-state index contributed by atoms with van der Waals surface area (Å²) in [7, 11) is 0. The van der Waals surface area contributed by atoms with E-state index in [1.165, 1.54) is 0 Å². The summed E-state index contributed by atoms with van der Waals surface area (Å²) in [5, 5.41) is 15.1. The Kier molecular flexibility index (Phi) is 5.77. The number of aromatic nitrogens is 1. The highest BCUT2D eigenvalue weighted by Crippen LogP contribution is 2.48. The number of benzene rings is 2. The monoisotopic (exact) mass is 428 g/mol. The second-order valence-corrected chi connectivity index (χ2v) is 8.78. The van der Waals surface area contributed by atoms with E-state index in [1.807, 2.05) is 66.7 Å². The molecular formula is C27H28N2O3. The third kappa shape index (κ3) is 3.72. The topological polar surface area (TPSA) is 71.5 Å². The summed E-state index contributed by atoms with van der Waals surface area (Å²) in [6, 6.07) is 20.9. The molecule has 2 aliphatic rings. The van der Waals surface area contributed by atoms with Crippen molar-refractivity contribution >= 4 is 5.97 Å². The molecule has 2 N–H and O–H groups in total. The first-order valence-corrected chi connectivity index (χ1v) is 11.4. The van der Waals surface area contributed by atoms with Gasteiger partial charge in [-0.2, -0.15) is 0 Å². The number of rotatable bonds is 6. The Hall–Kier alpha value is -3.02. The van der Waals surface area contributed by atoms with E-state index in [9.17, 15) is 9.90 Å². The molecular weight excluding hydrogens is 400 g/mol. The van der Waals surface area contributed by atoms with Crippen molar-refractivity contribution in [3.05, 3.63) is 89.7 Å². The molecule has 2 aromatic carbocycles. The van der Waals surface area contributed by atoms with Crippen molar-refractivity contribution in [2.75, 3.05) is 19.7 Å². The van der Waals surface area contributed by atoms with Gasteiger partial charge in [0.1, 0.15) is 0 Å².